The van der Waals surface area contributed by atoms with Crippen molar-refractivity contribution in [3.63, 3.8) is 0 Å². The lowest BCUT2D eigenvalue weighted by Crippen LogP contribution is -2.26. The third kappa shape index (κ3) is 1.67. The van der Waals surface area contributed by atoms with E-state index < -0.39 is 0 Å². The zero-order valence-electron chi connectivity index (χ0n) is 7.98. The SMILES string of the molecule is CCn1ccc(N2CCC(N)C2)n1. The fourth-order valence-corrected chi connectivity index (χ4v) is 1.69. The van der Waals surface area contributed by atoms with Crippen LogP contribution in [0.25, 0.3) is 0 Å². The summed E-state index contributed by atoms with van der Waals surface area (Å²) in [7, 11) is 0. The summed E-state index contributed by atoms with van der Waals surface area (Å²) < 4.78 is 1.94. The molecule has 0 spiro atoms. The number of aromatic nitrogens is 2. The van der Waals surface area contributed by atoms with E-state index in [-0.39, 0.29) is 0 Å². The summed E-state index contributed by atoms with van der Waals surface area (Å²) in [5.41, 5.74) is 5.83. The average molecular weight is 180 g/mol. The Bertz CT molecular complexity index is 281. The van der Waals surface area contributed by atoms with Crippen LogP contribution in [0.15, 0.2) is 12.3 Å². The fraction of sp³-hybridized carbons (Fsp3) is 0.667. The number of hydrogen-bond donors (Lipinski definition) is 1. The summed E-state index contributed by atoms with van der Waals surface area (Å²) >= 11 is 0. The van der Waals surface area contributed by atoms with Crippen molar-refractivity contribution in [1.29, 1.82) is 0 Å². The number of rotatable bonds is 2. The predicted octanol–water partition coefficient (Wildman–Crippen LogP) is 0.440. The van der Waals surface area contributed by atoms with Crippen molar-refractivity contribution >= 4 is 5.82 Å². The van der Waals surface area contributed by atoms with E-state index in [0.717, 1.165) is 31.9 Å². The van der Waals surface area contributed by atoms with Crippen LogP contribution in [0, 0.1) is 0 Å². The van der Waals surface area contributed by atoms with Crippen molar-refractivity contribution in [2.75, 3.05) is 18.0 Å². The summed E-state index contributed by atoms with van der Waals surface area (Å²) in [6, 6.07) is 2.38. The Hall–Kier alpha value is -1.03. The molecule has 2 heterocycles. The molecule has 4 heteroatoms. The van der Waals surface area contributed by atoms with Crippen LogP contribution in [-0.4, -0.2) is 28.9 Å². The van der Waals surface area contributed by atoms with Gasteiger partial charge >= 0.3 is 0 Å². The number of nitrogens with two attached hydrogens (primary N) is 1. The Morgan fingerprint density at radius 3 is 3.08 bits per heavy atom. The molecule has 0 amide bonds. The molecule has 0 radical (unpaired) electrons. The highest BCUT2D eigenvalue weighted by molar-refractivity contribution is 5.38. The lowest BCUT2D eigenvalue weighted by atomic mass is 10.3. The van der Waals surface area contributed by atoms with Crippen LogP contribution in [0.3, 0.4) is 0 Å². The smallest absolute Gasteiger partial charge is 0.150 e. The lowest BCUT2D eigenvalue weighted by Gasteiger charge is -2.13. The standard InChI is InChI=1S/C9H16N4/c1-2-13-6-4-9(11-13)12-5-3-8(10)7-12/h4,6,8H,2-3,5,7,10H2,1H3. The molecule has 1 aromatic rings. The molecule has 1 aliphatic rings. The highest BCUT2D eigenvalue weighted by Crippen LogP contribution is 2.16. The minimum Gasteiger partial charge on any atom is -0.354 e. The first-order chi connectivity index (χ1) is 6.29. The van der Waals surface area contributed by atoms with Gasteiger partial charge in [-0.1, -0.05) is 0 Å². The molecule has 0 aromatic carbocycles. The van der Waals surface area contributed by atoms with Crippen LogP contribution < -0.4 is 10.6 Å². The van der Waals surface area contributed by atoms with Gasteiger partial charge in [-0.15, -0.1) is 0 Å². The molecule has 1 atom stereocenters. The van der Waals surface area contributed by atoms with Crippen molar-refractivity contribution < 1.29 is 0 Å². The van der Waals surface area contributed by atoms with Crippen LogP contribution in [0.4, 0.5) is 5.82 Å². The molecule has 0 aliphatic carbocycles. The molecule has 4 nitrogen and oxygen atoms in total. The van der Waals surface area contributed by atoms with Gasteiger partial charge in [0.2, 0.25) is 0 Å². The Balaban J connectivity index is 2.08. The van der Waals surface area contributed by atoms with Crippen LogP contribution in [0.5, 0.6) is 0 Å². The first-order valence-corrected chi connectivity index (χ1v) is 4.83. The normalized spacial score (nSPS) is 22.6. The quantitative estimate of drug-likeness (QED) is 0.718. The van der Waals surface area contributed by atoms with Crippen molar-refractivity contribution in [3.05, 3.63) is 12.3 Å². The van der Waals surface area contributed by atoms with E-state index in [1.54, 1.807) is 0 Å². The van der Waals surface area contributed by atoms with Gasteiger partial charge < -0.3 is 10.6 Å². The maximum atomic E-state index is 5.83. The molecule has 0 bridgehead atoms. The summed E-state index contributed by atoms with van der Waals surface area (Å²) in [6.45, 7) is 5.01. The van der Waals surface area contributed by atoms with Gasteiger partial charge in [-0.05, 0) is 13.3 Å². The maximum Gasteiger partial charge on any atom is 0.150 e. The van der Waals surface area contributed by atoms with E-state index >= 15 is 0 Å². The molecule has 1 unspecified atom stereocenters. The number of hydrogen-bond acceptors (Lipinski definition) is 3. The van der Waals surface area contributed by atoms with Gasteiger partial charge in [0.15, 0.2) is 5.82 Å². The van der Waals surface area contributed by atoms with E-state index in [9.17, 15) is 0 Å². The van der Waals surface area contributed by atoms with Crippen LogP contribution in [0.1, 0.15) is 13.3 Å². The van der Waals surface area contributed by atoms with Crippen molar-refractivity contribution in [1.82, 2.24) is 9.78 Å². The van der Waals surface area contributed by atoms with Gasteiger partial charge in [0, 0.05) is 37.9 Å². The molecule has 0 saturated carbocycles. The molecule has 2 N–H and O–H groups in total. The third-order valence-corrected chi connectivity index (χ3v) is 2.50. The fourth-order valence-electron chi connectivity index (χ4n) is 1.69. The van der Waals surface area contributed by atoms with E-state index in [1.807, 2.05) is 10.9 Å². The van der Waals surface area contributed by atoms with Crippen molar-refractivity contribution in [2.45, 2.75) is 25.9 Å². The molecule has 13 heavy (non-hydrogen) atoms. The molecular weight excluding hydrogens is 164 g/mol. The molecule has 1 saturated heterocycles. The van der Waals surface area contributed by atoms with Crippen LogP contribution in [0.2, 0.25) is 0 Å². The molecule has 72 valence electrons. The van der Waals surface area contributed by atoms with E-state index in [0.29, 0.717) is 6.04 Å². The number of nitrogens with zero attached hydrogens (tertiary/aromatic N) is 3. The first kappa shape index (κ1) is 8.56. The molecule has 1 aliphatic heterocycles. The molecular formula is C9H16N4. The summed E-state index contributed by atoms with van der Waals surface area (Å²) in [6.07, 6.45) is 3.10. The van der Waals surface area contributed by atoms with Crippen LogP contribution in [-0.2, 0) is 6.54 Å². The second-order valence-corrected chi connectivity index (χ2v) is 3.52. The Labute approximate surface area is 78.3 Å². The van der Waals surface area contributed by atoms with Gasteiger partial charge in [-0.2, -0.15) is 5.10 Å². The van der Waals surface area contributed by atoms with Gasteiger partial charge in [0.05, 0.1) is 0 Å². The lowest BCUT2D eigenvalue weighted by molar-refractivity contribution is 0.655. The monoisotopic (exact) mass is 180 g/mol. The highest BCUT2D eigenvalue weighted by Gasteiger charge is 2.20. The zero-order chi connectivity index (χ0) is 9.26. The summed E-state index contributed by atoms with van der Waals surface area (Å²) in [5.74, 6) is 1.06. The Morgan fingerprint density at radius 1 is 1.69 bits per heavy atom. The van der Waals surface area contributed by atoms with Gasteiger partial charge in [0.25, 0.3) is 0 Å². The zero-order valence-corrected chi connectivity index (χ0v) is 7.98. The van der Waals surface area contributed by atoms with E-state index in [1.165, 1.54) is 0 Å². The van der Waals surface area contributed by atoms with Crippen molar-refractivity contribution in [2.24, 2.45) is 5.73 Å². The largest absolute Gasteiger partial charge is 0.354 e. The van der Waals surface area contributed by atoms with E-state index in [4.69, 9.17) is 5.73 Å². The molecule has 1 fully saturated rings. The molecule has 1 aromatic heterocycles. The van der Waals surface area contributed by atoms with Crippen molar-refractivity contribution in [3.8, 4) is 0 Å². The second-order valence-electron chi connectivity index (χ2n) is 3.52. The summed E-state index contributed by atoms with van der Waals surface area (Å²) in [4.78, 5) is 2.25. The van der Waals surface area contributed by atoms with Gasteiger partial charge in [-0.25, -0.2) is 0 Å². The minimum atomic E-state index is 0.326. The highest BCUT2D eigenvalue weighted by atomic mass is 15.3. The maximum absolute atomic E-state index is 5.83. The molecule has 2 rings (SSSR count). The third-order valence-electron chi connectivity index (χ3n) is 2.50. The van der Waals surface area contributed by atoms with E-state index in [2.05, 4.69) is 23.0 Å². The number of anilines is 1. The predicted molar refractivity (Wildman–Crippen MR) is 52.7 cm³/mol. The Morgan fingerprint density at radius 2 is 2.54 bits per heavy atom. The average Bonchev–Trinajstić information content (AvgIpc) is 2.71. The Kier molecular flexibility index (Phi) is 2.22. The van der Waals surface area contributed by atoms with Gasteiger partial charge in [-0.3, -0.25) is 4.68 Å². The first-order valence-electron chi connectivity index (χ1n) is 4.83. The van der Waals surface area contributed by atoms with Gasteiger partial charge in [0.1, 0.15) is 0 Å². The number of aryl methyl sites for hydroxylation is 1. The second kappa shape index (κ2) is 3.38. The topological polar surface area (TPSA) is 47.1 Å². The minimum absolute atomic E-state index is 0.326. The summed E-state index contributed by atoms with van der Waals surface area (Å²) in [5, 5.41) is 4.43. The van der Waals surface area contributed by atoms with Crippen LogP contribution >= 0.6 is 0 Å².